The maximum absolute atomic E-state index is 14.5. The molecular weight excluding hydrogens is 318 g/mol. The molecule has 1 fully saturated rings. The number of benzene rings is 1. The van der Waals surface area contributed by atoms with Crippen LogP contribution in [-0.4, -0.2) is 28.2 Å². The minimum Gasteiger partial charge on any atom is -0.377 e. The van der Waals surface area contributed by atoms with Crippen molar-refractivity contribution < 1.29 is 23.5 Å². The second kappa shape index (κ2) is 4.39. The van der Waals surface area contributed by atoms with E-state index in [1.807, 2.05) is 5.32 Å². The van der Waals surface area contributed by atoms with Gasteiger partial charge in [-0.3, -0.25) is 10.1 Å². The van der Waals surface area contributed by atoms with Crippen LogP contribution in [0.5, 0.6) is 0 Å². The van der Waals surface area contributed by atoms with Crippen LogP contribution in [0.4, 0.5) is 13.6 Å². The van der Waals surface area contributed by atoms with Crippen LogP contribution in [0.2, 0.25) is 0 Å². The Kier molecular flexibility index (Phi) is 2.70. The average molecular weight is 330 g/mol. The number of imide groups is 1. The summed E-state index contributed by atoms with van der Waals surface area (Å²) in [6, 6.07) is 7.57. The molecule has 0 aromatic heterocycles. The lowest BCUT2D eigenvalue weighted by Gasteiger charge is -2.51. The number of nitrogens with one attached hydrogen (secondary N) is 2. The topological polar surface area (TPSA) is 78.4 Å². The normalized spacial score (nSPS) is 31.6. The average Bonchev–Trinajstić information content (AvgIpc) is 2.81. The van der Waals surface area contributed by atoms with E-state index in [1.54, 1.807) is 30.3 Å². The first kappa shape index (κ1) is 14.8. The number of aliphatic hydroxyl groups is 1. The second-order valence-electron chi connectivity index (χ2n) is 6.08. The van der Waals surface area contributed by atoms with Gasteiger partial charge in [0.2, 0.25) is 0 Å². The van der Waals surface area contributed by atoms with Crippen LogP contribution in [0.3, 0.4) is 0 Å². The number of rotatable bonds is 2. The number of hydrogen-bond donors (Lipinski definition) is 3. The Bertz CT molecular complexity index is 898. The maximum atomic E-state index is 14.5. The molecule has 7 heteroatoms. The van der Waals surface area contributed by atoms with Gasteiger partial charge in [0.25, 0.3) is 5.91 Å². The van der Waals surface area contributed by atoms with Crippen molar-refractivity contribution in [2.24, 2.45) is 0 Å². The van der Waals surface area contributed by atoms with Gasteiger partial charge in [-0.15, -0.1) is 0 Å². The highest BCUT2D eigenvalue weighted by Gasteiger charge is 2.69. The lowest BCUT2D eigenvalue weighted by atomic mass is 9.57. The summed E-state index contributed by atoms with van der Waals surface area (Å²) in [6.45, 7) is 1.24. The summed E-state index contributed by atoms with van der Waals surface area (Å²) in [5.74, 6) is -2.73. The van der Waals surface area contributed by atoms with E-state index in [9.17, 15) is 23.5 Å². The molecule has 1 aromatic rings. The van der Waals surface area contributed by atoms with Crippen molar-refractivity contribution in [1.82, 2.24) is 10.6 Å². The van der Waals surface area contributed by atoms with Crippen molar-refractivity contribution in [3.05, 3.63) is 64.8 Å². The number of fused-ring (bicyclic) bond motifs is 2. The van der Waals surface area contributed by atoms with Gasteiger partial charge in [-0.25, -0.2) is 13.6 Å². The number of allylic oxidation sites excluding steroid dienone is 2. The van der Waals surface area contributed by atoms with Gasteiger partial charge >= 0.3 is 6.03 Å². The molecule has 122 valence electrons. The first-order valence-electron chi connectivity index (χ1n) is 7.25. The molecule has 2 atom stereocenters. The predicted molar refractivity (Wildman–Crippen MR) is 80.7 cm³/mol. The minimum absolute atomic E-state index is 0.137. The Morgan fingerprint density at radius 1 is 1.08 bits per heavy atom. The fourth-order valence-electron chi connectivity index (χ4n) is 3.51. The lowest BCUT2D eigenvalue weighted by Crippen LogP contribution is -2.68. The highest BCUT2D eigenvalue weighted by molar-refractivity contribution is 6.10. The van der Waals surface area contributed by atoms with Gasteiger partial charge < -0.3 is 10.4 Å². The number of hydrogen-bond acceptors (Lipinski definition) is 3. The van der Waals surface area contributed by atoms with Crippen LogP contribution in [0.1, 0.15) is 12.5 Å². The zero-order valence-corrected chi connectivity index (χ0v) is 12.5. The standard InChI is InChI=1S/C17H12F2N2O3/c1-16(14(22)20-15(23)21-16)17(24)11-9(8-5-3-2-4-6-8)7-10(18)12(17)13(11)19/h2-7,24H,1H3,(H2,20,21,22,23). The van der Waals surface area contributed by atoms with E-state index in [0.717, 1.165) is 6.08 Å². The van der Waals surface area contributed by atoms with Crippen LogP contribution in [-0.2, 0) is 4.79 Å². The van der Waals surface area contributed by atoms with Gasteiger partial charge in [0.15, 0.2) is 11.1 Å². The Hall–Kier alpha value is -2.80. The molecule has 4 rings (SSSR count). The summed E-state index contributed by atoms with van der Waals surface area (Å²) in [7, 11) is 0. The first-order chi connectivity index (χ1) is 11.3. The zero-order valence-electron chi connectivity index (χ0n) is 12.5. The molecule has 1 saturated heterocycles. The molecule has 1 aliphatic heterocycles. The molecule has 0 saturated carbocycles. The molecule has 2 aliphatic carbocycles. The first-order valence-corrected chi connectivity index (χ1v) is 7.25. The van der Waals surface area contributed by atoms with Crippen molar-refractivity contribution in [1.29, 1.82) is 0 Å². The van der Waals surface area contributed by atoms with E-state index in [-0.39, 0.29) is 11.1 Å². The molecule has 3 N–H and O–H groups in total. The predicted octanol–water partition coefficient (Wildman–Crippen LogP) is 1.87. The molecule has 24 heavy (non-hydrogen) atoms. The summed E-state index contributed by atoms with van der Waals surface area (Å²) in [4.78, 5) is 23.7. The third-order valence-electron chi connectivity index (χ3n) is 4.79. The van der Waals surface area contributed by atoms with Crippen molar-refractivity contribution in [3.63, 3.8) is 0 Å². The fourth-order valence-corrected chi connectivity index (χ4v) is 3.51. The van der Waals surface area contributed by atoms with Gasteiger partial charge in [0, 0.05) is 5.57 Å². The highest BCUT2D eigenvalue weighted by atomic mass is 19.1. The molecule has 0 spiro atoms. The zero-order chi connectivity index (χ0) is 17.3. The smallest absolute Gasteiger partial charge is 0.322 e. The minimum atomic E-state index is -2.28. The largest absolute Gasteiger partial charge is 0.377 e. The third kappa shape index (κ3) is 1.50. The summed E-state index contributed by atoms with van der Waals surface area (Å²) in [6.07, 6.45) is 1.12. The van der Waals surface area contributed by atoms with E-state index in [0.29, 0.717) is 5.56 Å². The van der Waals surface area contributed by atoms with Crippen molar-refractivity contribution in [2.75, 3.05) is 0 Å². The van der Waals surface area contributed by atoms with Gasteiger partial charge in [-0.2, -0.15) is 0 Å². The molecule has 0 radical (unpaired) electrons. The van der Waals surface area contributed by atoms with Crippen LogP contribution in [0.15, 0.2) is 59.2 Å². The quantitative estimate of drug-likeness (QED) is 0.725. The highest BCUT2D eigenvalue weighted by Crippen LogP contribution is 2.60. The number of carbonyl (C=O) groups excluding carboxylic acids is 2. The summed E-state index contributed by atoms with van der Waals surface area (Å²) < 4.78 is 29.0. The molecule has 3 aliphatic rings. The Morgan fingerprint density at radius 3 is 2.29 bits per heavy atom. The number of halogens is 2. The van der Waals surface area contributed by atoms with E-state index in [2.05, 4.69) is 5.32 Å². The van der Waals surface area contributed by atoms with Crippen LogP contribution in [0, 0.1) is 0 Å². The van der Waals surface area contributed by atoms with E-state index < -0.39 is 40.3 Å². The number of urea groups is 1. The Labute approximate surface area is 135 Å². The summed E-state index contributed by atoms with van der Waals surface area (Å²) >= 11 is 0. The molecule has 1 heterocycles. The van der Waals surface area contributed by atoms with Gasteiger partial charge in [0.05, 0.1) is 5.57 Å². The van der Waals surface area contributed by atoms with Crippen molar-refractivity contribution in [2.45, 2.75) is 18.1 Å². The number of carbonyl (C=O) groups is 2. The van der Waals surface area contributed by atoms with Crippen LogP contribution >= 0.6 is 0 Å². The monoisotopic (exact) mass is 330 g/mol. The molecule has 2 bridgehead atoms. The third-order valence-corrected chi connectivity index (χ3v) is 4.79. The van der Waals surface area contributed by atoms with Crippen molar-refractivity contribution in [3.8, 4) is 0 Å². The maximum Gasteiger partial charge on any atom is 0.322 e. The number of amides is 3. The van der Waals surface area contributed by atoms with Crippen molar-refractivity contribution >= 4 is 17.5 Å². The Morgan fingerprint density at radius 2 is 1.75 bits per heavy atom. The van der Waals surface area contributed by atoms with Crippen LogP contribution < -0.4 is 10.6 Å². The summed E-state index contributed by atoms with van der Waals surface area (Å²) in [5, 5.41) is 15.4. The van der Waals surface area contributed by atoms with Gasteiger partial charge in [0.1, 0.15) is 11.7 Å². The second-order valence-corrected chi connectivity index (χ2v) is 6.08. The van der Waals surface area contributed by atoms with E-state index in [4.69, 9.17) is 0 Å². The van der Waals surface area contributed by atoms with E-state index in [1.165, 1.54) is 6.92 Å². The molecular formula is C17H12F2N2O3. The molecule has 3 amide bonds. The SMILES string of the molecule is CC1(C2(O)c3c(F)cc(-c4ccccc4)c2c3F)NC(=O)NC1=O. The fraction of sp³-hybridized carbons (Fsp3) is 0.176. The molecule has 2 unspecified atom stereocenters. The van der Waals surface area contributed by atoms with Crippen LogP contribution in [0.25, 0.3) is 5.57 Å². The lowest BCUT2D eigenvalue weighted by molar-refractivity contribution is -0.130. The van der Waals surface area contributed by atoms with Gasteiger partial charge in [-0.05, 0) is 24.1 Å². The Balaban J connectivity index is 1.92. The molecule has 1 aromatic carbocycles. The molecule has 5 nitrogen and oxygen atoms in total. The summed E-state index contributed by atoms with van der Waals surface area (Å²) in [5.41, 5.74) is -4.38. The van der Waals surface area contributed by atoms with E-state index >= 15 is 0 Å². The van der Waals surface area contributed by atoms with Gasteiger partial charge in [-0.1, -0.05) is 30.3 Å².